The van der Waals surface area contributed by atoms with E-state index >= 15 is 0 Å². The van der Waals surface area contributed by atoms with Crippen molar-refractivity contribution in [1.82, 2.24) is 14.9 Å². The Morgan fingerprint density at radius 1 is 1.12 bits per heavy atom. The molecule has 0 radical (unpaired) electrons. The van der Waals surface area contributed by atoms with Gasteiger partial charge in [-0.25, -0.2) is 9.97 Å². The topological polar surface area (TPSA) is 59.5 Å². The molecule has 1 aliphatic heterocycles. The van der Waals surface area contributed by atoms with Gasteiger partial charge >= 0.3 is 0 Å². The second-order valence-corrected chi connectivity index (χ2v) is 9.01. The smallest absolute Gasteiger partial charge is 0.162 e. The first-order valence-electron chi connectivity index (χ1n) is 11.7. The number of nitrogens with zero attached hydrogens (tertiary/aromatic N) is 3. The highest BCUT2D eigenvalue weighted by Crippen LogP contribution is 2.38. The number of likely N-dealkylation sites (tertiary alicyclic amines) is 1. The highest BCUT2D eigenvalue weighted by atomic mass is 16.5. The fourth-order valence-corrected chi connectivity index (χ4v) is 5.24. The Morgan fingerprint density at radius 2 is 1.97 bits per heavy atom. The third-order valence-electron chi connectivity index (χ3n) is 6.89. The first-order valence-corrected chi connectivity index (χ1v) is 11.7. The number of rotatable bonds is 8. The molecule has 170 valence electrons. The van der Waals surface area contributed by atoms with Gasteiger partial charge in [-0.15, -0.1) is 6.42 Å². The van der Waals surface area contributed by atoms with Crippen LogP contribution >= 0.6 is 0 Å². The summed E-state index contributed by atoms with van der Waals surface area (Å²) in [7, 11) is 1.66. The monoisotopic (exact) mass is 442 g/mol. The molecule has 2 aliphatic rings. The van der Waals surface area contributed by atoms with Gasteiger partial charge < -0.3 is 19.7 Å². The van der Waals surface area contributed by atoms with E-state index in [0.29, 0.717) is 23.9 Å². The van der Waals surface area contributed by atoms with Crippen LogP contribution in [-0.4, -0.2) is 48.2 Å². The highest BCUT2D eigenvalue weighted by molar-refractivity contribution is 5.93. The minimum atomic E-state index is 0.647. The van der Waals surface area contributed by atoms with Crippen LogP contribution in [0.15, 0.2) is 42.7 Å². The van der Waals surface area contributed by atoms with Gasteiger partial charge in [0.2, 0.25) is 0 Å². The molecule has 2 unspecified atom stereocenters. The van der Waals surface area contributed by atoms with Crippen molar-refractivity contribution >= 4 is 22.4 Å². The Kier molecular flexibility index (Phi) is 6.32. The second kappa shape index (κ2) is 9.68. The lowest BCUT2D eigenvalue weighted by molar-refractivity contribution is 0.246. The summed E-state index contributed by atoms with van der Waals surface area (Å²) < 4.78 is 11.8. The van der Waals surface area contributed by atoms with Gasteiger partial charge in [0.15, 0.2) is 11.5 Å². The zero-order valence-corrected chi connectivity index (χ0v) is 19.1. The Hall–Kier alpha value is -3.30. The van der Waals surface area contributed by atoms with Crippen molar-refractivity contribution < 1.29 is 9.47 Å². The molecule has 1 saturated carbocycles. The van der Waals surface area contributed by atoms with Crippen molar-refractivity contribution in [3.8, 4) is 23.8 Å². The van der Waals surface area contributed by atoms with Gasteiger partial charge in [0.25, 0.3) is 0 Å². The summed E-state index contributed by atoms with van der Waals surface area (Å²) in [5, 5.41) is 4.23. The molecule has 6 nitrogen and oxygen atoms in total. The Bertz CT molecular complexity index is 1160. The van der Waals surface area contributed by atoms with Crippen LogP contribution in [-0.2, 0) is 0 Å². The summed E-state index contributed by atoms with van der Waals surface area (Å²) in [6.07, 6.45) is 12.3. The maximum absolute atomic E-state index is 6.17. The molecular formula is C27H30N4O2. The lowest BCUT2D eigenvalue weighted by Crippen LogP contribution is -2.24. The normalized spacial score (nSPS) is 19.9. The summed E-state index contributed by atoms with van der Waals surface area (Å²) in [5.41, 5.74) is 2.47. The van der Waals surface area contributed by atoms with Crippen molar-refractivity contribution in [2.45, 2.75) is 25.7 Å². The molecule has 0 amide bonds. The lowest BCUT2D eigenvalue weighted by atomic mass is 10.0. The van der Waals surface area contributed by atoms with Gasteiger partial charge in [0.05, 0.1) is 19.2 Å². The fourth-order valence-electron chi connectivity index (χ4n) is 5.24. The van der Waals surface area contributed by atoms with E-state index in [1.807, 2.05) is 36.4 Å². The number of fused-ring (bicyclic) bond motifs is 2. The van der Waals surface area contributed by atoms with Crippen molar-refractivity contribution in [3.05, 3.63) is 48.3 Å². The average Bonchev–Trinajstić information content (AvgIpc) is 3.44. The molecule has 2 aromatic carbocycles. The fraction of sp³-hybridized carbons (Fsp3) is 0.407. The summed E-state index contributed by atoms with van der Waals surface area (Å²) in [6.45, 7) is 4.26. The molecule has 1 saturated heterocycles. The molecule has 0 spiro atoms. The van der Waals surface area contributed by atoms with Crippen LogP contribution in [0.3, 0.4) is 0 Å². The van der Waals surface area contributed by atoms with E-state index in [9.17, 15) is 0 Å². The summed E-state index contributed by atoms with van der Waals surface area (Å²) in [5.74, 6) is 6.60. The second-order valence-electron chi connectivity index (χ2n) is 9.01. The van der Waals surface area contributed by atoms with E-state index < -0.39 is 0 Å². The number of hydrogen-bond acceptors (Lipinski definition) is 6. The number of ether oxygens (including phenoxy) is 2. The summed E-state index contributed by atoms with van der Waals surface area (Å²) >= 11 is 0. The number of anilines is 2. The summed E-state index contributed by atoms with van der Waals surface area (Å²) in [6, 6.07) is 11.6. The molecule has 3 aromatic rings. The van der Waals surface area contributed by atoms with E-state index in [2.05, 4.69) is 26.1 Å². The van der Waals surface area contributed by atoms with Crippen molar-refractivity contribution in [2.24, 2.45) is 11.8 Å². The van der Waals surface area contributed by atoms with Gasteiger partial charge in [0.1, 0.15) is 12.1 Å². The van der Waals surface area contributed by atoms with E-state index in [-0.39, 0.29) is 0 Å². The van der Waals surface area contributed by atoms with Crippen LogP contribution in [0.4, 0.5) is 11.5 Å². The minimum absolute atomic E-state index is 0.647. The molecule has 1 N–H and O–H groups in total. The first-order chi connectivity index (χ1) is 16.2. The molecule has 1 aliphatic carbocycles. The van der Waals surface area contributed by atoms with E-state index in [1.54, 1.807) is 13.4 Å². The van der Waals surface area contributed by atoms with Crippen LogP contribution in [0.5, 0.6) is 11.5 Å². The first kappa shape index (κ1) is 21.5. The third-order valence-corrected chi connectivity index (χ3v) is 6.89. The Balaban J connectivity index is 1.28. The molecule has 5 rings (SSSR count). The number of benzene rings is 2. The molecule has 2 heterocycles. The van der Waals surface area contributed by atoms with E-state index in [4.69, 9.17) is 15.9 Å². The van der Waals surface area contributed by atoms with Crippen molar-refractivity contribution in [1.29, 1.82) is 0 Å². The lowest BCUT2D eigenvalue weighted by Gasteiger charge is -2.17. The van der Waals surface area contributed by atoms with Gasteiger partial charge in [-0.1, -0.05) is 18.4 Å². The average molecular weight is 443 g/mol. The van der Waals surface area contributed by atoms with Gasteiger partial charge in [-0.05, 0) is 55.4 Å². The minimum Gasteiger partial charge on any atom is -0.493 e. The van der Waals surface area contributed by atoms with Crippen LogP contribution < -0.4 is 14.8 Å². The molecule has 33 heavy (non-hydrogen) atoms. The molecule has 6 heteroatoms. The number of nitrogens with one attached hydrogen (secondary N) is 1. The maximum atomic E-state index is 6.17. The standard InChI is InChI=1S/C27H30N4O2/c1-3-19-7-4-10-22(13-19)30-27-23-14-26(25(32-2)15-24(23)28-18-29-27)33-12-6-11-31-16-20-8-5-9-21(20)17-31/h1,4,7,10,13-15,18,20-21H,5-6,8-9,11-12,16-17H2,2H3,(H,28,29,30). The van der Waals surface area contributed by atoms with Crippen LogP contribution in [0, 0.1) is 24.2 Å². The van der Waals surface area contributed by atoms with Crippen molar-refractivity contribution in [3.63, 3.8) is 0 Å². The third kappa shape index (κ3) is 4.74. The molecule has 2 fully saturated rings. The van der Waals surface area contributed by atoms with Gasteiger partial charge in [0, 0.05) is 42.3 Å². The molecule has 0 bridgehead atoms. The molecule has 1 aromatic heterocycles. The number of aromatic nitrogens is 2. The molecule has 2 atom stereocenters. The quantitative estimate of drug-likeness (QED) is 0.397. The van der Waals surface area contributed by atoms with Crippen LogP contribution in [0.2, 0.25) is 0 Å². The largest absolute Gasteiger partial charge is 0.493 e. The predicted octanol–water partition coefficient (Wildman–Crippen LogP) is 4.86. The highest BCUT2D eigenvalue weighted by Gasteiger charge is 2.35. The Morgan fingerprint density at radius 3 is 2.76 bits per heavy atom. The van der Waals surface area contributed by atoms with Crippen molar-refractivity contribution in [2.75, 3.05) is 38.7 Å². The van der Waals surface area contributed by atoms with Crippen LogP contribution in [0.1, 0.15) is 31.2 Å². The number of terminal acetylenes is 1. The molecular weight excluding hydrogens is 412 g/mol. The SMILES string of the molecule is C#Cc1cccc(Nc2ncnc3cc(OC)c(OCCCN4CC5CCCC5C4)cc23)c1. The number of methoxy groups -OCH3 is 1. The summed E-state index contributed by atoms with van der Waals surface area (Å²) in [4.78, 5) is 11.5. The van der Waals surface area contributed by atoms with Gasteiger partial charge in [-0.3, -0.25) is 0 Å². The van der Waals surface area contributed by atoms with Gasteiger partial charge in [-0.2, -0.15) is 0 Å². The zero-order chi connectivity index (χ0) is 22.6. The Labute approximate surface area is 195 Å². The predicted molar refractivity (Wildman–Crippen MR) is 131 cm³/mol. The maximum Gasteiger partial charge on any atom is 0.162 e. The van der Waals surface area contributed by atoms with E-state index in [1.165, 1.54) is 32.4 Å². The van der Waals surface area contributed by atoms with E-state index in [0.717, 1.165) is 47.0 Å². The number of hydrogen-bond donors (Lipinski definition) is 1. The zero-order valence-electron chi connectivity index (χ0n) is 19.1. The van der Waals surface area contributed by atoms with Crippen LogP contribution in [0.25, 0.3) is 10.9 Å².